The van der Waals surface area contributed by atoms with Gasteiger partial charge in [-0.25, -0.2) is 4.79 Å². The van der Waals surface area contributed by atoms with Crippen molar-refractivity contribution in [1.82, 2.24) is 5.32 Å². The van der Waals surface area contributed by atoms with Crippen LogP contribution in [0.3, 0.4) is 0 Å². The Bertz CT molecular complexity index is 362. The number of carbonyl (C=O) groups is 3. The Labute approximate surface area is 118 Å². The van der Waals surface area contributed by atoms with Crippen LogP contribution in [0.1, 0.15) is 33.6 Å². The van der Waals surface area contributed by atoms with E-state index in [4.69, 9.17) is 10.8 Å². The second-order valence-corrected chi connectivity index (χ2v) is 5.88. The number of hydrogen-bond donors (Lipinski definition) is 3. The molecule has 0 saturated carbocycles. The van der Waals surface area contributed by atoms with Gasteiger partial charge < -0.3 is 20.9 Å². The maximum Gasteiger partial charge on any atom is 0.326 e. The smallest absolute Gasteiger partial charge is 0.326 e. The van der Waals surface area contributed by atoms with Crippen molar-refractivity contribution in [1.29, 1.82) is 0 Å². The van der Waals surface area contributed by atoms with E-state index in [0.29, 0.717) is 6.42 Å². The first-order valence-corrected chi connectivity index (χ1v) is 6.40. The van der Waals surface area contributed by atoms with Gasteiger partial charge >= 0.3 is 11.9 Å². The summed E-state index contributed by atoms with van der Waals surface area (Å²) >= 11 is 0. The number of carboxylic acids is 1. The van der Waals surface area contributed by atoms with Gasteiger partial charge in [0.2, 0.25) is 5.91 Å². The molecule has 0 aliphatic rings. The van der Waals surface area contributed by atoms with Crippen LogP contribution in [0.2, 0.25) is 0 Å². The second kappa shape index (κ2) is 7.84. The molecule has 0 saturated heterocycles. The average molecular weight is 288 g/mol. The number of ether oxygens (including phenoxy) is 1. The van der Waals surface area contributed by atoms with Gasteiger partial charge in [0.25, 0.3) is 0 Å². The molecule has 2 atom stereocenters. The van der Waals surface area contributed by atoms with Gasteiger partial charge in [-0.1, -0.05) is 20.8 Å². The molecule has 116 valence electrons. The number of esters is 1. The van der Waals surface area contributed by atoms with Crippen LogP contribution >= 0.6 is 0 Å². The van der Waals surface area contributed by atoms with Crippen molar-refractivity contribution in [2.45, 2.75) is 39.7 Å². The van der Waals surface area contributed by atoms with Crippen molar-refractivity contribution in [2.24, 2.45) is 17.1 Å². The summed E-state index contributed by atoms with van der Waals surface area (Å²) in [7, 11) is 1.16. The SMILES string of the molecule is COC(=O)C[C@H](NC(=O)C(CN)CC(C)(C)C)C(=O)O. The normalized spacial score (nSPS) is 14.2. The van der Waals surface area contributed by atoms with Gasteiger partial charge in [0.1, 0.15) is 6.04 Å². The lowest BCUT2D eigenvalue weighted by Crippen LogP contribution is -2.47. The molecule has 4 N–H and O–H groups in total. The lowest BCUT2D eigenvalue weighted by molar-refractivity contribution is -0.149. The van der Waals surface area contributed by atoms with E-state index in [-0.39, 0.29) is 12.0 Å². The highest BCUT2D eigenvalue weighted by atomic mass is 16.5. The van der Waals surface area contributed by atoms with Gasteiger partial charge in [0, 0.05) is 6.54 Å². The van der Waals surface area contributed by atoms with E-state index in [1.165, 1.54) is 0 Å². The Morgan fingerprint density at radius 3 is 2.20 bits per heavy atom. The Morgan fingerprint density at radius 2 is 1.85 bits per heavy atom. The van der Waals surface area contributed by atoms with Gasteiger partial charge in [-0.2, -0.15) is 0 Å². The summed E-state index contributed by atoms with van der Waals surface area (Å²) in [5.41, 5.74) is 5.45. The fourth-order valence-electron chi connectivity index (χ4n) is 1.76. The molecule has 0 aliphatic carbocycles. The van der Waals surface area contributed by atoms with Crippen LogP contribution in [0, 0.1) is 11.3 Å². The Hall–Kier alpha value is -1.63. The van der Waals surface area contributed by atoms with E-state index in [0.717, 1.165) is 7.11 Å². The molecule has 0 heterocycles. The van der Waals surface area contributed by atoms with Gasteiger partial charge in [-0.05, 0) is 11.8 Å². The largest absolute Gasteiger partial charge is 0.480 e. The fraction of sp³-hybridized carbons (Fsp3) is 0.769. The van der Waals surface area contributed by atoms with Crippen LogP contribution in [0.5, 0.6) is 0 Å². The Morgan fingerprint density at radius 1 is 1.30 bits per heavy atom. The minimum absolute atomic E-state index is 0.109. The minimum Gasteiger partial charge on any atom is -0.480 e. The van der Waals surface area contributed by atoms with E-state index >= 15 is 0 Å². The molecular formula is C13H24N2O5. The summed E-state index contributed by atoms with van der Waals surface area (Å²) in [6.07, 6.45) is 0.115. The van der Waals surface area contributed by atoms with Gasteiger partial charge in [0.05, 0.1) is 19.4 Å². The zero-order valence-electron chi connectivity index (χ0n) is 12.4. The molecule has 0 bridgehead atoms. The first-order valence-electron chi connectivity index (χ1n) is 6.40. The monoisotopic (exact) mass is 288 g/mol. The van der Waals surface area contributed by atoms with Crippen molar-refractivity contribution in [2.75, 3.05) is 13.7 Å². The molecule has 20 heavy (non-hydrogen) atoms. The number of nitrogens with one attached hydrogen (secondary N) is 1. The van der Waals surface area contributed by atoms with E-state index in [2.05, 4.69) is 10.1 Å². The third-order valence-electron chi connectivity index (χ3n) is 2.73. The van der Waals surface area contributed by atoms with Crippen molar-refractivity contribution >= 4 is 17.8 Å². The highest BCUT2D eigenvalue weighted by Gasteiger charge is 2.29. The first-order chi connectivity index (χ1) is 9.10. The molecule has 0 aliphatic heterocycles. The fourth-order valence-corrected chi connectivity index (χ4v) is 1.76. The quantitative estimate of drug-likeness (QED) is 0.573. The standard InChI is InChI=1S/C13H24N2O5/c1-13(2,3)6-8(7-14)11(17)15-9(12(18)19)5-10(16)20-4/h8-9H,5-7,14H2,1-4H3,(H,15,17)(H,18,19)/t8?,9-/m0/s1. The molecule has 0 rings (SSSR count). The lowest BCUT2D eigenvalue weighted by atomic mass is 9.84. The van der Waals surface area contributed by atoms with Crippen molar-refractivity contribution in [3.8, 4) is 0 Å². The minimum atomic E-state index is -1.30. The van der Waals surface area contributed by atoms with Crippen molar-refractivity contribution in [3.05, 3.63) is 0 Å². The van der Waals surface area contributed by atoms with Gasteiger partial charge in [-0.15, -0.1) is 0 Å². The van der Waals surface area contributed by atoms with E-state index in [1.54, 1.807) is 0 Å². The highest BCUT2D eigenvalue weighted by molar-refractivity contribution is 5.88. The molecule has 0 fully saturated rings. The van der Waals surface area contributed by atoms with Crippen LogP contribution in [0.15, 0.2) is 0 Å². The Kier molecular flexibility index (Phi) is 7.20. The first kappa shape index (κ1) is 18.4. The number of rotatable bonds is 7. The van der Waals surface area contributed by atoms with Crippen LogP contribution < -0.4 is 11.1 Å². The summed E-state index contributed by atoms with van der Waals surface area (Å²) in [5, 5.41) is 11.3. The van der Waals surface area contributed by atoms with E-state index in [1.807, 2.05) is 20.8 Å². The summed E-state index contributed by atoms with van der Waals surface area (Å²) in [4.78, 5) is 34.2. The van der Waals surface area contributed by atoms with E-state index in [9.17, 15) is 14.4 Å². The zero-order valence-corrected chi connectivity index (χ0v) is 12.4. The number of aliphatic carboxylic acids is 1. The maximum absolute atomic E-state index is 12.0. The van der Waals surface area contributed by atoms with Crippen LogP contribution in [-0.4, -0.2) is 42.6 Å². The topological polar surface area (TPSA) is 119 Å². The molecule has 0 spiro atoms. The van der Waals surface area contributed by atoms with Gasteiger partial charge in [-0.3, -0.25) is 9.59 Å². The molecule has 0 aromatic rings. The lowest BCUT2D eigenvalue weighted by Gasteiger charge is -2.25. The predicted molar refractivity (Wildman–Crippen MR) is 72.8 cm³/mol. The second-order valence-electron chi connectivity index (χ2n) is 5.88. The molecule has 0 radical (unpaired) electrons. The number of nitrogens with two attached hydrogens (primary N) is 1. The number of hydrogen-bond acceptors (Lipinski definition) is 5. The zero-order chi connectivity index (χ0) is 15.9. The number of methoxy groups -OCH3 is 1. The highest BCUT2D eigenvalue weighted by Crippen LogP contribution is 2.24. The average Bonchev–Trinajstić information content (AvgIpc) is 2.33. The summed E-state index contributed by atoms with van der Waals surface area (Å²) in [6.45, 7) is 6.01. The molecule has 1 amide bonds. The summed E-state index contributed by atoms with van der Waals surface area (Å²) in [6, 6.07) is -1.30. The molecule has 7 nitrogen and oxygen atoms in total. The molecule has 0 aromatic carbocycles. The maximum atomic E-state index is 12.0. The van der Waals surface area contributed by atoms with Crippen LogP contribution in [0.4, 0.5) is 0 Å². The molecule has 0 aromatic heterocycles. The van der Waals surface area contributed by atoms with Crippen molar-refractivity contribution < 1.29 is 24.2 Å². The molecular weight excluding hydrogens is 264 g/mol. The van der Waals surface area contributed by atoms with Gasteiger partial charge in [0.15, 0.2) is 0 Å². The van der Waals surface area contributed by atoms with E-state index < -0.39 is 36.2 Å². The summed E-state index contributed by atoms with van der Waals surface area (Å²) < 4.78 is 4.40. The molecule has 1 unspecified atom stereocenters. The predicted octanol–water partition coefficient (Wildman–Crippen LogP) is 0.130. The molecule has 7 heteroatoms. The van der Waals surface area contributed by atoms with Crippen LogP contribution in [0.25, 0.3) is 0 Å². The number of carboxylic acid groups (broad SMARTS) is 1. The Balaban J connectivity index is 4.72. The van der Waals surface area contributed by atoms with Crippen LogP contribution in [-0.2, 0) is 19.1 Å². The summed E-state index contributed by atoms with van der Waals surface area (Å²) in [5.74, 6) is -2.93. The number of amides is 1. The van der Waals surface area contributed by atoms with Crippen molar-refractivity contribution in [3.63, 3.8) is 0 Å². The third-order valence-corrected chi connectivity index (χ3v) is 2.73. The third kappa shape index (κ3) is 7.08. The number of carbonyl (C=O) groups excluding carboxylic acids is 2.